The fourth-order valence-electron chi connectivity index (χ4n) is 1.81. The van der Waals surface area contributed by atoms with Crippen LogP contribution in [0, 0.1) is 4.77 Å². The first-order valence-corrected chi connectivity index (χ1v) is 6.87. The first-order chi connectivity index (χ1) is 10.9. The van der Waals surface area contributed by atoms with Crippen LogP contribution in [0.4, 0.5) is 5.69 Å². The molecule has 1 heterocycles. The number of aromatic nitrogens is 2. The van der Waals surface area contributed by atoms with Crippen molar-refractivity contribution in [2.24, 2.45) is 4.99 Å². The van der Waals surface area contributed by atoms with E-state index in [9.17, 15) is 19.8 Å². The number of nitrogens with one attached hydrogen (secondary N) is 1. The van der Waals surface area contributed by atoms with Crippen LogP contribution >= 0.6 is 12.2 Å². The van der Waals surface area contributed by atoms with E-state index in [2.05, 4.69) is 16.6 Å². The molecule has 0 saturated heterocycles. The highest BCUT2D eigenvalue weighted by atomic mass is 32.1. The summed E-state index contributed by atoms with van der Waals surface area (Å²) in [5, 5.41) is 20.8. The SMILES string of the molecule is C=CCn1c(O)c(C=Nc2ccc(C(=O)[O-])cc2)c(=O)[nH]c1=S. The van der Waals surface area contributed by atoms with E-state index in [4.69, 9.17) is 12.2 Å². The fourth-order valence-corrected chi connectivity index (χ4v) is 2.07. The Bertz CT molecular complexity index is 894. The molecule has 2 N–H and O–H groups in total. The number of carboxylic acid groups (broad SMARTS) is 1. The zero-order valence-electron chi connectivity index (χ0n) is 11.9. The summed E-state index contributed by atoms with van der Waals surface area (Å²) in [4.78, 5) is 29.0. The maximum atomic E-state index is 11.9. The molecule has 118 valence electrons. The van der Waals surface area contributed by atoms with E-state index in [1.165, 1.54) is 41.1 Å². The van der Waals surface area contributed by atoms with E-state index in [1.54, 1.807) is 0 Å². The Hall–Kier alpha value is -3.00. The van der Waals surface area contributed by atoms with Crippen molar-refractivity contribution in [3.63, 3.8) is 0 Å². The minimum Gasteiger partial charge on any atom is -0.545 e. The number of rotatable bonds is 5. The van der Waals surface area contributed by atoms with Crippen LogP contribution in [0.5, 0.6) is 5.88 Å². The Morgan fingerprint density at radius 3 is 2.65 bits per heavy atom. The molecule has 0 aliphatic carbocycles. The molecule has 8 heteroatoms. The lowest BCUT2D eigenvalue weighted by atomic mass is 10.2. The number of aliphatic imine (C=N–C) groups is 1. The third-order valence-corrected chi connectivity index (χ3v) is 3.29. The molecule has 1 aromatic heterocycles. The van der Waals surface area contributed by atoms with Gasteiger partial charge in [0, 0.05) is 12.8 Å². The predicted molar refractivity (Wildman–Crippen MR) is 85.8 cm³/mol. The van der Waals surface area contributed by atoms with Crippen LogP contribution in [-0.4, -0.2) is 26.8 Å². The van der Waals surface area contributed by atoms with Gasteiger partial charge in [0.25, 0.3) is 5.56 Å². The van der Waals surface area contributed by atoms with Crippen molar-refractivity contribution < 1.29 is 15.0 Å². The molecular formula is C15H12N3O4S-. The second-order valence-electron chi connectivity index (χ2n) is 4.49. The topological polar surface area (TPSA) is 111 Å². The molecule has 2 rings (SSSR count). The van der Waals surface area contributed by atoms with Crippen LogP contribution in [-0.2, 0) is 6.54 Å². The Morgan fingerprint density at radius 2 is 2.09 bits per heavy atom. The van der Waals surface area contributed by atoms with Gasteiger partial charge in [-0.15, -0.1) is 6.58 Å². The number of allylic oxidation sites excluding steroid dienone is 1. The van der Waals surface area contributed by atoms with Crippen molar-refractivity contribution in [1.29, 1.82) is 0 Å². The molecule has 0 unspecified atom stereocenters. The van der Waals surface area contributed by atoms with E-state index >= 15 is 0 Å². The van der Waals surface area contributed by atoms with Crippen LogP contribution in [0.25, 0.3) is 0 Å². The Labute approximate surface area is 135 Å². The zero-order valence-corrected chi connectivity index (χ0v) is 12.7. The molecule has 7 nitrogen and oxygen atoms in total. The Balaban J connectivity index is 2.41. The van der Waals surface area contributed by atoms with Gasteiger partial charge in [0.15, 0.2) is 4.77 Å². The average molecular weight is 330 g/mol. The number of aromatic hydroxyl groups is 1. The molecule has 0 amide bonds. The molecule has 0 aliphatic rings. The van der Waals surface area contributed by atoms with Gasteiger partial charge in [-0.05, 0) is 29.9 Å². The second kappa shape index (κ2) is 6.84. The first kappa shape index (κ1) is 16.4. The highest BCUT2D eigenvalue weighted by Crippen LogP contribution is 2.15. The van der Waals surface area contributed by atoms with Crippen molar-refractivity contribution >= 4 is 30.1 Å². The minimum atomic E-state index is -1.29. The largest absolute Gasteiger partial charge is 0.545 e. The molecule has 0 saturated carbocycles. The number of carbonyl (C=O) groups excluding carboxylic acids is 1. The molecule has 1 aromatic carbocycles. The molecule has 23 heavy (non-hydrogen) atoms. The first-order valence-electron chi connectivity index (χ1n) is 6.46. The van der Waals surface area contributed by atoms with Crippen molar-refractivity contribution in [2.75, 3.05) is 0 Å². The lowest BCUT2D eigenvalue weighted by molar-refractivity contribution is -0.255. The molecule has 0 bridgehead atoms. The number of carbonyl (C=O) groups is 1. The monoisotopic (exact) mass is 330 g/mol. The quantitative estimate of drug-likeness (QED) is 0.481. The van der Waals surface area contributed by atoms with Crippen LogP contribution in [0.3, 0.4) is 0 Å². The lowest BCUT2D eigenvalue weighted by Gasteiger charge is -2.08. The van der Waals surface area contributed by atoms with Crippen molar-refractivity contribution in [3.8, 4) is 5.88 Å². The van der Waals surface area contributed by atoms with Crippen LogP contribution < -0.4 is 10.7 Å². The van der Waals surface area contributed by atoms with E-state index in [0.29, 0.717) is 5.69 Å². The molecule has 0 fully saturated rings. The highest BCUT2D eigenvalue weighted by Gasteiger charge is 2.09. The molecule has 0 aliphatic heterocycles. The number of hydrogen-bond acceptors (Lipinski definition) is 6. The number of nitrogens with zero attached hydrogens (tertiary/aromatic N) is 2. The van der Waals surface area contributed by atoms with Gasteiger partial charge < -0.3 is 15.0 Å². The van der Waals surface area contributed by atoms with Crippen LogP contribution in [0.2, 0.25) is 0 Å². The maximum Gasteiger partial charge on any atom is 0.264 e. The van der Waals surface area contributed by atoms with E-state index in [1.807, 2.05) is 0 Å². The summed E-state index contributed by atoms with van der Waals surface area (Å²) in [6, 6.07) is 5.56. The lowest BCUT2D eigenvalue weighted by Crippen LogP contribution is -2.21. The van der Waals surface area contributed by atoms with Crippen molar-refractivity contribution in [3.05, 3.63) is 63.2 Å². The van der Waals surface area contributed by atoms with Gasteiger partial charge in [0.05, 0.1) is 11.7 Å². The van der Waals surface area contributed by atoms with E-state index < -0.39 is 11.5 Å². The van der Waals surface area contributed by atoms with E-state index in [-0.39, 0.29) is 28.3 Å². The van der Waals surface area contributed by atoms with Crippen LogP contribution in [0.1, 0.15) is 15.9 Å². The normalized spacial score (nSPS) is 10.8. The summed E-state index contributed by atoms with van der Waals surface area (Å²) in [5.41, 5.74) is -0.220. The second-order valence-corrected chi connectivity index (χ2v) is 4.88. The standard InChI is InChI=1S/C15H13N3O4S/c1-2-7-18-13(20)11(12(19)17-15(18)23)8-16-10-5-3-9(4-6-10)14(21)22/h2-6,8,20H,1,7H2,(H,21,22)(H,17,19,23)/p-1. The van der Waals surface area contributed by atoms with Gasteiger partial charge in [-0.3, -0.25) is 19.3 Å². The Morgan fingerprint density at radius 1 is 1.43 bits per heavy atom. The molecular weight excluding hydrogens is 318 g/mol. The van der Waals surface area contributed by atoms with Gasteiger partial charge in [0.1, 0.15) is 5.56 Å². The smallest absolute Gasteiger partial charge is 0.264 e. The van der Waals surface area contributed by atoms with Crippen LogP contribution in [0.15, 0.2) is 46.7 Å². The molecule has 0 radical (unpaired) electrons. The average Bonchev–Trinajstić information content (AvgIpc) is 2.51. The summed E-state index contributed by atoms with van der Waals surface area (Å²) < 4.78 is 1.37. The Kier molecular flexibility index (Phi) is 4.87. The zero-order chi connectivity index (χ0) is 17.0. The molecule has 2 aromatic rings. The number of hydrogen-bond donors (Lipinski definition) is 2. The summed E-state index contributed by atoms with van der Waals surface area (Å²) in [6.07, 6.45) is 2.70. The molecule has 0 spiro atoms. The summed E-state index contributed by atoms with van der Waals surface area (Å²) >= 11 is 4.96. The fraction of sp³-hybridized carbons (Fsp3) is 0.0667. The van der Waals surface area contributed by atoms with Crippen molar-refractivity contribution in [1.82, 2.24) is 9.55 Å². The summed E-state index contributed by atoms with van der Waals surface area (Å²) in [5.74, 6) is -1.62. The maximum absolute atomic E-state index is 11.9. The summed E-state index contributed by atoms with van der Waals surface area (Å²) in [6.45, 7) is 3.77. The predicted octanol–water partition coefficient (Wildman–Crippen LogP) is 0.912. The van der Waals surface area contributed by atoms with Gasteiger partial charge in [-0.1, -0.05) is 18.2 Å². The number of H-pyrrole nitrogens is 1. The van der Waals surface area contributed by atoms with Gasteiger partial charge >= 0.3 is 0 Å². The number of benzene rings is 1. The minimum absolute atomic E-state index is 0.0175. The third-order valence-electron chi connectivity index (χ3n) is 2.96. The van der Waals surface area contributed by atoms with Gasteiger partial charge in [-0.2, -0.15) is 0 Å². The summed E-state index contributed by atoms with van der Waals surface area (Å²) in [7, 11) is 0. The van der Waals surface area contributed by atoms with E-state index in [0.717, 1.165) is 0 Å². The number of carboxylic acids is 1. The molecule has 0 atom stereocenters. The third kappa shape index (κ3) is 3.61. The van der Waals surface area contributed by atoms with Crippen molar-refractivity contribution in [2.45, 2.75) is 6.54 Å². The van der Waals surface area contributed by atoms with Gasteiger partial charge in [0.2, 0.25) is 5.88 Å². The number of aromatic amines is 1. The van der Waals surface area contributed by atoms with Gasteiger partial charge in [-0.25, -0.2) is 0 Å². The highest BCUT2D eigenvalue weighted by molar-refractivity contribution is 7.71. The number of aromatic carboxylic acids is 1.